The molecule has 1 unspecified atom stereocenters. The highest BCUT2D eigenvalue weighted by atomic mass is 14.9. The van der Waals surface area contributed by atoms with Gasteiger partial charge in [0, 0.05) is 6.54 Å². The van der Waals surface area contributed by atoms with Gasteiger partial charge in [-0.05, 0) is 43.1 Å². The van der Waals surface area contributed by atoms with Crippen molar-refractivity contribution in [2.24, 2.45) is 16.7 Å². The molecular formula is C11H21N. The zero-order valence-corrected chi connectivity index (χ0v) is 8.61. The van der Waals surface area contributed by atoms with Crippen LogP contribution in [0.2, 0.25) is 0 Å². The molecule has 2 aliphatic carbocycles. The van der Waals surface area contributed by atoms with Gasteiger partial charge in [0.15, 0.2) is 0 Å². The van der Waals surface area contributed by atoms with Gasteiger partial charge < -0.3 is 5.32 Å². The van der Waals surface area contributed by atoms with E-state index in [0.29, 0.717) is 10.8 Å². The summed E-state index contributed by atoms with van der Waals surface area (Å²) < 4.78 is 0. The number of nitrogens with one attached hydrogen (secondary N) is 1. The summed E-state index contributed by atoms with van der Waals surface area (Å²) in [6.45, 7) is 6.11. The average Bonchev–Trinajstić information content (AvgIpc) is 2.30. The van der Waals surface area contributed by atoms with Crippen LogP contribution in [0.4, 0.5) is 0 Å². The molecule has 2 aliphatic rings. The van der Waals surface area contributed by atoms with Gasteiger partial charge in [0.25, 0.3) is 0 Å². The zero-order chi connectivity index (χ0) is 8.82. The van der Waals surface area contributed by atoms with Crippen molar-refractivity contribution in [2.75, 3.05) is 13.6 Å². The van der Waals surface area contributed by atoms with Crippen LogP contribution < -0.4 is 5.32 Å². The van der Waals surface area contributed by atoms with Crippen molar-refractivity contribution in [3.05, 3.63) is 0 Å². The molecule has 0 radical (unpaired) electrons. The highest BCUT2D eigenvalue weighted by Gasteiger charge is 2.64. The number of rotatable bonds is 3. The Morgan fingerprint density at radius 3 is 2.17 bits per heavy atom. The molecule has 2 fully saturated rings. The normalized spacial score (nSPS) is 39.2. The third kappa shape index (κ3) is 0.953. The quantitative estimate of drug-likeness (QED) is 0.680. The van der Waals surface area contributed by atoms with Gasteiger partial charge in [-0.1, -0.05) is 20.3 Å². The lowest BCUT2D eigenvalue weighted by molar-refractivity contribution is 0.146. The summed E-state index contributed by atoms with van der Waals surface area (Å²) >= 11 is 0. The summed E-state index contributed by atoms with van der Waals surface area (Å²) in [6, 6.07) is 0. The minimum absolute atomic E-state index is 0.626. The number of hydrogen-bond acceptors (Lipinski definition) is 1. The summed E-state index contributed by atoms with van der Waals surface area (Å²) in [7, 11) is 2.09. The van der Waals surface area contributed by atoms with E-state index < -0.39 is 0 Å². The fourth-order valence-electron chi connectivity index (χ4n) is 3.16. The Kier molecular flexibility index (Phi) is 1.76. The molecule has 0 heterocycles. The minimum Gasteiger partial charge on any atom is -0.319 e. The first-order chi connectivity index (χ1) is 5.62. The summed E-state index contributed by atoms with van der Waals surface area (Å²) in [5, 5.41) is 3.38. The predicted molar refractivity (Wildman–Crippen MR) is 52.1 cm³/mol. The molecule has 0 bridgehead atoms. The molecule has 70 valence electrons. The van der Waals surface area contributed by atoms with E-state index in [1.807, 2.05) is 0 Å². The monoisotopic (exact) mass is 167 g/mol. The van der Waals surface area contributed by atoms with Gasteiger partial charge in [0.2, 0.25) is 0 Å². The number of hydrogen-bond donors (Lipinski definition) is 1. The van der Waals surface area contributed by atoms with Gasteiger partial charge in [-0.15, -0.1) is 0 Å². The van der Waals surface area contributed by atoms with Crippen LogP contribution in [0.1, 0.15) is 39.5 Å². The maximum Gasteiger partial charge on any atom is 0.00128 e. The fraction of sp³-hybridized carbons (Fsp3) is 1.00. The Balaban J connectivity index is 2.04. The lowest BCUT2D eigenvalue weighted by atomic mass is 9.70. The molecule has 12 heavy (non-hydrogen) atoms. The van der Waals surface area contributed by atoms with E-state index >= 15 is 0 Å². The van der Waals surface area contributed by atoms with E-state index in [4.69, 9.17) is 0 Å². The molecule has 1 nitrogen and oxygen atoms in total. The largest absolute Gasteiger partial charge is 0.319 e. The van der Waals surface area contributed by atoms with Crippen LogP contribution in [0.3, 0.4) is 0 Å². The first-order valence-electron chi connectivity index (χ1n) is 5.27. The van der Waals surface area contributed by atoms with E-state index in [0.717, 1.165) is 5.92 Å². The Bertz CT molecular complexity index is 181. The minimum atomic E-state index is 0.626. The molecule has 0 aromatic heterocycles. The van der Waals surface area contributed by atoms with Crippen LogP contribution in [0, 0.1) is 16.7 Å². The molecule has 2 rings (SSSR count). The first-order valence-corrected chi connectivity index (χ1v) is 5.27. The molecule has 1 N–H and O–H groups in total. The molecule has 0 aromatic rings. The summed E-state index contributed by atoms with van der Waals surface area (Å²) in [4.78, 5) is 0. The lowest BCUT2D eigenvalue weighted by Crippen LogP contribution is -2.35. The second kappa shape index (κ2) is 2.47. The van der Waals surface area contributed by atoms with E-state index in [-0.39, 0.29) is 0 Å². The standard InChI is InChI=1S/C11H21N/c1-10(2)7-11(10,8-12-3)9-5-4-6-9/h9,12H,4-8H2,1-3H3. The third-order valence-corrected chi connectivity index (χ3v) is 4.36. The van der Waals surface area contributed by atoms with E-state index in [2.05, 4.69) is 26.2 Å². The lowest BCUT2D eigenvalue weighted by Gasteiger charge is -2.37. The topological polar surface area (TPSA) is 12.0 Å². The van der Waals surface area contributed by atoms with Crippen LogP contribution >= 0.6 is 0 Å². The van der Waals surface area contributed by atoms with Gasteiger partial charge >= 0.3 is 0 Å². The Labute approximate surface area is 75.9 Å². The van der Waals surface area contributed by atoms with E-state index in [9.17, 15) is 0 Å². The van der Waals surface area contributed by atoms with Gasteiger partial charge in [0.05, 0.1) is 0 Å². The maximum atomic E-state index is 3.38. The Morgan fingerprint density at radius 1 is 1.33 bits per heavy atom. The van der Waals surface area contributed by atoms with Crippen LogP contribution in [0.15, 0.2) is 0 Å². The highest BCUT2D eigenvalue weighted by Crippen LogP contribution is 2.70. The summed E-state index contributed by atoms with van der Waals surface area (Å²) in [6.07, 6.45) is 5.91. The molecule has 0 aromatic carbocycles. The second-order valence-corrected chi connectivity index (χ2v) is 5.37. The summed E-state index contributed by atoms with van der Waals surface area (Å²) in [5.41, 5.74) is 1.31. The van der Waals surface area contributed by atoms with Crippen molar-refractivity contribution in [1.29, 1.82) is 0 Å². The average molecular weight is 167 g/mol. The summed E-state index contributed by atoms with van der Waals surface area (Å²) in [5.74, 6) is 1.04. The molecule has 0 amide bonds. The zero-order valence-electron chi connectivity index (χ0n) is 8.61. The molecule has 0 aliphatic heterocycles. The van der Waals surface area contributed by atoms with E-state index in [1.165, 1.54) is 32.2 Å². The third-order valence-electron chi connectivity index (χ3n) is 4.36. The van der Waals surface area contributed by atoms with Crippen molar-refractivity contribution in [3.8, 4) is 0 Å². The molecule has 1 atom stereocenters. The smallest absolute Gasteiger partial charge is 0.00128 e. The van der Waals surface area contributed by atoms with Gasteiger partial charge in [-0.2, -0.15) is 0 Å². The maximum absolute atomic E-state index is 3.38. The van der Waals surface area contributed by atoms with Gasteiger partial charge in [-0.3, -0.25) is 0 Å². The van der Waals surface area contributed by atoms with Crippen molar-refractivity contribution in [1.82, 2.24) is 5.32 Å². The van der Waals surface area contributed by atoms with Gasteiger partial charge in [0.1, 0.15) is 0 Å². The van der Waals surface area contributed by atoms with Crippen molar-refractivity contribution < 1.29 is 0 Å². The van der Waals surface area contributed by atoms with Gasteiger partial charge in [-0.25, -0.2) is 0 Å². The second-order valence-electron chi connectivity index (χ2n) is 5.37. The van der Waals surface area contributed by atoms with Crippen LogP contribution in [0.25, 0.3) is 0 Å². The molecular weight excluding hydrogens is 146 g/mol. The van der Waals surface area contributed by atoms with Crippen LogP contribution in [-0.4, -0.2) is 13.6 Å². The predicted octanol–water partition coefficient (Wildman–Crippen LogP) is 2.42. The van der Waals surface area contributed by atoms with Crippen molar-refractivity contribution >= 4 is 0 Å². The Hall–Kier alpha value is -0.0400. The van der Waals surface area contributed by atoms with Crippen LogP contribution in [0.5, 0.6) is 0 Å². The highest BCUT2D eigenvalue weighted by molar-refractivity contribution is 5.14. The van der Waals surface area contributed by atoms with E-state index in [1.54, 1.807) is 0 Å². The van der Waals surface area contributed by atoms with Crippen molar-refractivity contribution in [3.63, 3.8) is 0 Å². The molecule has 1 heteroatoms. The Morgan fingerprint density at radius 2 is 1.92 bits per heavy atom. The van der Waals surface area contributed by atoms with Crippen LogP contribution in [-0.2, 0) is 0 Å². The molecule has 0 spiro atoms. The molecule has 0 saturated heterocycles. The first kappa shape index (κ1) is 8.55. The molecule has 2 saturated carbocycles. The van der Waals surface area contributed by atoms with Crippen molar-refractivity contribution in [2.45, 2.75) is 39.5 Å². The SMILES string of the molecule is CNCC1(C2CCC2)CC1(C)C. The fourth-order valence-corrected chi connectivity index (χ4v) is 3.16.